The van der Waals surface area contributed by atoms with E-state index < -0.39 is 0 Å². The normalized spacial score (nSPS) is 15.1. The lowest BCUT2D eigenvalue weighted by Gasteiger charge is -2.35. The molecule has 1 aliphatic rings. The Morgan fingerprint density at radius 1 is 1.24 bits per heavy atom. The van der Waals surface area contributed by atoms with Crippen LogP contribution in [-0.2, 0) is 6.54 Å². The molecule has 1 aromatic carbocycles. The number of piperazine rings is 1. The van der Waals surface area contributed by atoms with E-state index in [0.29, 0.717) is 16.4 Å². The molecule has 3 aromatic rings. The molecule has 0 spiro atoms. The summed E-state index contributed by atoms with van der Waals surface area (Å²) in [7, 11) is 0. The van der Waals surface area contributed by atoms with Gasteiger partial charge in [0.1, 0.15) is 17.0 Å². The summed E-state index contributed by atoms with van der Waals surface area (Å²) in [5, 5.41) is 4.66. The van der Waals surface area contributed by atoms with E-state index in [1.807, 2.05) is 31.2 Å². The molecule has 4 rings (SSSR count). The molecule has 1 N–H and O–H groups in total. The number of carbonyl (C=O) groups excluding carboxylic acids is 1. The van der Waals surface area contributed by atoms with Crippen LogP contribution in [0.2, 0.25) is 5.02 Å². The molecule has 0 saturated carbocycles. The number of benzene rings is 1. The van der Waals surface area contributed by atoms with Crippen molar-refractivity contribution in [2.24, 2.45) is 0 Å². The zero-order chi connectivity index (χ0) is 20.4. The summed E-state index contributed by atoms with van der Waals surface area (Å²) in [5.74, 6) is 0.848. The number of hydrogen-bond donors (Lipinski definition) is 1. The average molecular weight is 430 g/mol. The highest BCUT2D eigenvalue weighted by molar-refractivity contribution is 7.20. The van der Waals surface area contributed by atoms with Gasteiger partial charge in [-0.2, -0.15) is 0 Å². The predicted octanol–water partition coefficient (Wildman–Crippen LogP) is 3.73. The second-order valence-electron chi connectivity index (χ2n) is 7.17. The van der Waals surface area contributed by atoms with Crippen molar-refractivity contribution in [3.8, 4) is 0 Å². The highest BCUT2D eigenvalue weighted by atomic mass is 35.5. The number of rotatable bonds is 5. The fraction of sp³-hybridized carbons (Fsp3) is 0.381. The van der Waals surface area contributed by atoms with Gasteiger partial charge in [0, 0.05) is 37.7 Å². The van der Waals surface area contributed by atoms with Gasteiger partial charge < -0.3 is 15.1 Å². The number of amides is 1. The van der Waals surface area contributed by atoms with Gasteiger partial charge in [0.05, 0.1) is 10.3 Å². The van der Waals surface area contributed by atoms with Crippen LogP contribution in [0.4, 0.5) is 5.82 Å². The van der Waals surface area contributed by atoms with E-state index in [9.17, 15) is 4.79 Å². The molecule has 0 bridgehead atoms. The number of hydrogen-bond acceptors (Lipinski definition) is 6. The minimum Gasteiger partial charge on any atom is -0.353 e. The first-order valence-electron chi connectivity index (χ1n) is 9.81. The van der Waals surface area contributed by atoms with Crippen molar-refractivity contribution < 1.29 is 4.79 Å². The highest BCUT2D eigenvalue weighted by Gasteiger charge is 2.24. The molecule has 0 unspecified atom stereocenters. The molecule has 2 aromatic heterocycles. The van der Waals surface area contributed by atoms with Crippen molar-refractivity contribution in [2.75, 3.05) is 37.6 Å². The zero-order valence-electron chi connectivity index (χ0n) is 16.6. The molecular weight excluding hydrogens is 406 g/mol. The Bertz CT molecular complexity index is 1030. The van der Waals surface area contributed by atoms with Gasteiger partial charge in [0.2, 0.25) is 0 Å². The topological polar surface area (TPSA) is 61.4 Å². The maximum absolute atomic E-state index is 12.9. The molecule has 1 fully saturated rings. The molecule has 1 saturated heterocycles. The fourth-order valence-corrected chi connectivity index (χ4v) is 4.97. The fourth-order valence-electron chi connectivity index (χ4n) is 3.69. The van der Waals surface area contributed by atoms with E-state index in [2.05, 4.69) is 32.0 Å². The third-order valence-electron chi connectivity index (χ3n) is 5.37. The third-order valence-corrected chi connectivity index (χ3v) is 6.81. The smallest absolute Gasteiger partial charge is 0.261 e. The zero-order valence-corrected chi connectivity index (χ0v) is 18.2. The summed E-state index contributed by atoms with van der Waals surface area (Å²) in [5.41, 5.74) is 1.92. The van der Waals surface area contributed by atoms with Gasteiger partial charge in [0.25, 0.3) is 5.91 Å². The van der Waals surface area contributed by atoms with Crippen LogP contribution in [0, 0.1) is 6.92 Å². The maximum Gasteiger partial charge on any atom is 0.261 e. The first kappa shape index (κ1) is 20.1. The van der Waals surface area contributed by atoms with Crippen molar-refractivity contribution in [3.63, 3.8) is 0 Å². The van der Waals surface area contributed by atoms with Gasteiger partial charge in [-0.3, -0.25) is 4.79 Å². The molecular formula is C21H24ClN5OS. The minimum atomic E-state index is -0.0905. The van der Waals surface area contributed by atoms with E-state index in [4.69, 9.17) is 11.6 Å². The SMILES string of the molecule is CCN1CCN(c2ncnc3sc(C(=O)NCc4cccc(Cl)c4)c(C)c23)CC1. The molecule has 6 nitrogen and oxygen atoms in total. The number of carbonyl (C=O) groups is 1. The van der Waals surface area contributed by atoms with Crippen LogP contribution in [0.25, 0.3) is 10.2 Å². The Balaban J connectivity index is 1.56. The Labute approximate surface area is 179 Å². The van der Waals surface area contributed by atoms with E-state index in [0.717, 1.165) is 59.9 Å². The van der Waals surface area contributed by atoms with Gasteiger partial charge in [-0.15, -0.1) is 11.3 Å². The predicted molar refractivity (Wildman–Crippen MR) is 119 cm³/mol. The van der Waals surface area contributed by atoms with Gasteiger partial charge >= 0.3 is 0 Å². The molecule has 0 radical (unpaired) electrons. The molecule has 1 amide bonds. The molecule has 0 atom stereocenters. The first-order chi connectivity index (χ1) is 14.1. The van der Waals surface area contributed by atoms with Gasteiger partial charge in [-0.1, -0.05) is 30.7 Å². The molecule has 152 valence electrons. The van der Waals surface area contributed by atoms with Gasteiger partial charge in [0.15, 0.2) is 0 Å². The summed E-state index contributed by atoms with van der Waals surface area (Å²) in [6.07, 6.45) is 1.60. The van der Waals surface area contributed by atoms with Crippen LogP contribution >= 0.6 is 22.9 Å². The number of halogens is 1. The van der Waals surface area contributed by atoms with E-state index in [1.165, 1.54) is 11.3 Å². The summed E-state index contributed by atoms with van der Waals surface area (Å²) in [6, 6.07) is 7.51. The van der Waals surface area contributed by atoms with Crippen LogP contribution in [-0.4, -0.2) is 53.5 Å². The number of aromatic nitrogens is 2. The second-order valence-corrected chi connectivity index (χ2v) is 8.60. The molecule has 8 heteroatoms. The number of thiophene rings is 1. The summed E-state index contributed by atoms with van der Waals surface area (Å²) >= 11 is 7.46. The number of likely N-dealkylation sites (N-methyl/N-ethyl adjacent to an activating group) is 1. The van der Waals surface area contributed by atoms with E-state index in [1.54, 1.807) is 6.33 Å². The van der Waals surface area contributed by atoms with Crippen molar-refractivity contribution in [1.82, 2.24) is 20.2 Å². The quantitative estimate of drug-likeness (QED) is 0.669. The van der Waals surface area contributed by atoms with Crippen LogP contribution in [0.15, 0.2) is 30.6 Å². The molecule has 0 aliphatic carbocycles. The summed E-state index contributed by atoms with van der Waals surface area (Å²) in [6.45, 7) is 9.61. The molecule has 29 heavy (non-hydrogen) atoms. The first-order valence-corrected chi connectivity index (χ1v) is 11.0. The van der Waals surface area contributed by atoms with Crippen LogP contribution in [0.5, 0.6) is 0 Å². The Morgan fingerprint density at radius 3 is 2.76 bits per heavy atom. The van der Waals surface area contributed by atoms with Crippen LogP contribution in [0.1, 0.15) is 27.7 Å². The lowest BCUT2D eigenvalue weighted by molar-refractivity contribution is 0.0954. The Morgan fingerprint density at radius 2 is 2.03 bits per heavy atom. The largest absolute Gasteiger partial charge is 0.353 e. The number of nitrogens with one attached hydrogen (secondary N) is 1. The maximum atomic E-state index is 12.9. The number of aryl methyl sites for hydroxylation is 1. The van der Waals surface area contributed by atoms with E-state index >= 15 is 0 Å². The Kier molecular flexibility index (Phi) is 5.99. The summed E-state index contributed by atoms with van der Waals surface area (Å²) < 4.78 is 0. The lowest BCUT2D eigenvalue weighted by atomic mass is 10.1. The van der Waals surface area contributed by atoms with Crippen molar-refractivity contribution >= 4 is 44.9 Å². The van der Waals surface area contributed by atoms with Gasteiger partial charge in [-0.05, 0) is 36.7 Å². The minimum absolute atomic E-state index is 0.0905. The highest BCUT2D eigenvalue weighted by Crippen LogP contribution is 2.35. The van der Waals surface area contributed by atoms with Crippen molar-refractivity contribution in [1.29, 1.82) is 0 Å². The van der Waals surface area contributed by atoms with Crippen LogP contribution < -0.4 is 10.2 Å². The van der Waals surface area contributed by atoms with Crippen LogP contribution in [0.3, 0.4) is 0 Å². The standard InChI is InChI=1S/C21H24ClN5OS/c1-3-26-7-9-27(10-8-26)19-17-14(2)18(29-21(17)25-13-24-19)20(28)23-12-15-5-4-6-16(22)11-15/h4-6,11,13H,3,7-10,12H2,1-2H3,(H,23,28). The number of fused-ring (bicyclic) bond motifs is 1. The van der Waals surface area contributed by atoms with E-state index in [-0.39, 0.29) is 5.91 Å². The van der Waals surface area contributed by atoms with Crippen molar-refractivity contribution in [3.05, 3.63) is 51.6 Å². The average Bonchev–Trinajstić information content (AvgIpc) is 3.09. The van der Waals surface area contributed by atoms with Crippen molar-refractivity contribution in [2.45, 2.75) is 20.4 Å². The second kappa shape index (κ2) is 8.65. The third kappa shape index (κ3) is 4.22. The Hall–Kier alpha value is -2.22. The monoisotopic (exact) mass is 429 g/mol. The number of nitrogens with zero attached hydrogens (tertiary/aromatic N) is 4. The lowest BCUT2D eigenvalue weighted by Crippen LogP contribution is -2.46. The summed E-state index contributed by atoms with van der Waals surface area (Å²) in [4.78, 5) is 28.2. The number of anilines is 1. The van der Waals surface area contributed by atoms with Gasteiger partial charge in [-0.25, -0.2) is 9.97 Å². The molecule has 1 aliphatic heterocycles. The molecule has 3 heterocycles.